The fourth-order valence-corrected chi connectivity index (χ4v) is 3.44. The molecular weight excluding hydrogens is 368 g/mol. The summed E-state index contributed by atoms with van der Waals surface area (Å²) in [6.07, 6.45) is 3.78. The number of ether oxygens (including phenoxy) is 3. The van der Waals surface area contributed by atoms with E-state index in [0.717, 1.165) is 27.3 Å². The van der Waals surface area contributed by atoms with Crippen LogP contribution in [0.5, 0.6) is 17.2 Å². The second kappa shape index (κ2) is 7.72. The van der Waals surface area contributed by atoms with Crippen molar-refractivity contribution >= 4 is 33.9 Å². The highest BCUT2D eigenvalue weighted by Crippen LogP contribution is 2.38. The van der Waals surface area contributed by atoms with Gasteiger partial charge >= 0.3 is 5.63 Å². The van der Waals surface area contributed by atoms with Gasteiger partial charge in [0.1, 0.15) is 5.58 Å². The van der Waals surface area contributed by atoms with Crippen LogP contribution in [0.2, 0.25) is 0 Å². The molecule has 0 aliphatic carbocycles. The molecule has 0 saturated carbocycles. The summed E-state index contributed by atoms with van der Waals surface area (Å²) in [6.45, 7) is 0. The van der Waals surface area contributed by atoms with E-state index in [1.54, 1.807) is 21.3 Å². The van der Waals surface area contributed by atoms with E-state index >= 15 is 0 Å². The highest BCUT2D eigenvalue weighted by Gasteiger charge is 2.12. The van der Waals surface area contributed by atoms with E-state index < -0.39 is 5.63 Å². The van der Waals surface area contributed by atoms with Crippen molar-refractivity contribution in [1.82, 2.24) is 0 Å². The molecule has 4 aromatic rings. The number of fused-ring (bicyclic) bond motifs is 3. The molecular formula is C24H20O5. The highest BCUT2D eigenvalue weighted by atomic mass is 16.5. The zero-order valence-electron chi connectivity index (χ0n) is 16.4. The van der Waals surface area contributed by atoms with Crippen LogP contribution in [0.15, 0.2) is 63.8 Å². The molecule has 0 aliphatic rings. The van der Waals surface area contributed by atoms with Crippen molar-refractivity contribution in [2.45, 2.75) is 0 Å². The van der Waals surface area contributed by atoms with E-state index in [9.17, 15) is 4.79 Å². The second-order valence-corrected chi connectivity index (χ2v) is 6.48. The van der Waals surface area contributed by atoms with Crippen molar-refractivity contribution in [3.63, 3.8) is 0 Å². The molecule has 5 heteroatoms. The molecule has 0 aliphatic heterocycles. The first kappa shape index (κ1) is 18.6. The van der Waals surface area contributed by atoms with E-state index in [4.69, 9.17) is 18.6 Å². The molecule has 1 aromatic heterocycles. The Morgan fingerprint density at radius 2 is 1.52 bits per heavy atom. The van der Waals surface area contributed by atoms with Gasteiger partial charge in [-0.2, -0.15) is 0 Å². The normalized spacial score (nSPS) is 11.3. The molecule has 0 radical (unpaired) electrons. The van der Waals surface area contributed by atoms with Crippen LogP contribution in [-0.2, 0) is 0 Å². The summed E-state index contributed by atoms with van der Waals surface area (Å²) >= 11 is 0. The lowest BCUT2D eigenvalue weighted by Gasteiger charge is -2.12. The van der Waals surface area contributed by atoms with Gasteiger partial charge in [0.15, 0.2) is 11.5 Å². The van der Waals surface area contributed by atoms with Gasteiger partial charge in [0.25, 0.3) is 0 Å². The van der Waals surface area contributed by atoms with E-state index in [1.807, 2.05) is 60.7 Å². The predicted molar refractivity (Wildman–Crippen MR) is 115 cm³/mol. The summed E-state index contributed by atoms with van der Waals surface area (Å²) in [5, 5.41) is 2.80. The molecule has 1 heterocycles. The first-order valence-electron chi connectivity index (χ1n) is 9.08. The molecule has 0 bridgehead atoms. The van der Waals surface area contributed by atoms with Crippen LogP contribution in [0.3, 0.4) is 0 Å². The maximum atomic E-state index is 12.2. The summed E-state index contributed by atoms with van der Waals surface area (Å²) in [6, 6.07) is 17.0. The van der Waals surface area contributed by atoms with Gasteiger partial charge in [-0.25, -0.2) is 4.79 Å². The maximum absolute atomic E-state index is 12.2. The van der Waals surface area contributed by atoms with Crippen molar-refractivity contribution in [3.8, 4) is 17.2 Å². The van der Waals surface area contributed by atoms with E-state index in [0.29, 0.717) is 22.8 Å². The molecule has 4 rings (SSSR count). The molecule has 0 unspecified atom stereocenters. The van der Waals surface area contributed by atoms with Crippen LogP contribution >= 0.6 is 0 Å². The van der Waals surface area contributed by atoms with Gasteiger partial charge in [-0.15, -0.1) is 0 Å². The van der Waals surface area contributed by atoms with Crippen molar-refractivity contribution in [3.05, 3.63) is 76.1 Å². The van der Waals surface area contributed by atoms with Gasteiger partial charge in [0.2, 0.25) is 5.75 Å². The summed E-state index contributed by atoms with van der Waals surface area (Å²) in [5.74, 6) is 1.66. The molecule has 0 amide bonds. The molecule has 0 saturated heterocycles. The van der Waals surface area contributed by atoms with Gasteiger partial charge in [-0.3, -0.25) is 0 Å². The van der Waals surface area contributed by atoms with Gasteiger partial charge in [0.05, 0.1) is 21.3 Å². The molecule has 0 fully saturated rings. The van der Waals surface area contributed by atoms with Gasteiger partial charge < -0.3 is 18.6 Å². The third kappa shape index (κ3) is 3.43. The molecule has 0 N–H and O–H groups in total. The quantitative estimate of drug-likeness (QED) is 0.350. The molecule has 0 spiro atoms. The molecule has 0 atom stereocenters. The Morgan fingerprint density at radius 3 is 2.21 bits per heavy atom. The smallest absolute Gasteiger partial charge is 0.336 e. The Labute approximate surface area is 167 Å². The Morgan fingerprint density at radius 1 is 0.793 bits per heavy atom. The number of methoxy groups -OCH3 is 3. The number of hydrogen-bond acceptors (Lipinski definition) is 5. The van der Waals surface area contributed by atoms with E-state index in [-0.39, 0.29) is 0 Å². The topological polar surface area (TPSA) is 57.9 Å². The summed E-state index contributed by atoms with van der Waals surface area (Å²) in [7, 11) is 4.72. The van der Waals surface area contributed by atoms with Crippen LogP contribution in [0.25, 0.3) is 33.9 Å². The van der Waals surface area contributed by atoms with Crippen LogP contribution < -0.4 is 19.8 Å². The lowest BCUT2D eigenvalue weighted by molar-refractivity contribution is 0.324. The van der Waals surface area contributed by atoms with Gasteiger partial charge in [-0.1, -0.05) is 42.5 Å². The lowest BCUT2D eigenvalue weighted by Crippen LogP contribution is -1.98. The van der Waals surface area contributed by atoms with Crippen LogP contribution in [-0.4, -0.2) is 21.3 Å². The predicted octanol–water partition coefficient (Wildman–Crippen LogP) is 5.14. The van der Waals surface area contributed by atoms with E-state index in [2.05, 4.69) is 0 Å². The Bertz CT molecular complexity index is 1260. The third-order valence-electron chi connectivity index (χ3n) is 4.81. The van der Waals surface area contributed by atoms with Crippen molar-refractivity contribution in [1.29, 1.82) is 0 Å². The highest BCUT2D eigenvalue weighted by molar-refractivity contribution is 6.06. The molecule has 3 aromatic carbocycles. The van der Waals surface area contributed by atoms with Crippen molar-refractivity contribution in [2.75, 3.05) is 21.3 Å². The zero-order valence-corrected chi connectivity index (χ0v) is 16.4. The summed E-state index contributed by atoms with van der Waals surface area (Å²) < 4.78 is 21.7. The minimum atomic E-state index is -0.390. The van der Waals surface area contributed by atoms with Gasteiger partial charge in [0, 0.05) is 16.8 Å². The summed E-state index contributed by atoms with van der Waals surface area (Å²) in [5.41, 5.74) is 1.82. The average molecular weight is 388 g/mol. The first-order chi connectivity index (χ1) is 14.1. The number of rotatable bonds is 5. The Kier molecular flexibility index (Phi) is 4.96. The Balaban J connectivity index is 1.85. The minimum Gasteiger partial charge on any atom is -0.493 e. The van der Waals surface area contributed by atoms with Crippen molar-refractivity contribution < 1.29 is 18.6 Å². The van der Waals surface area contributed by atoms with Gasteiger partial charge in [-0.05, 0) is 34.7 Å². The maximum Gasteiger partial charge on any atom is 0.336 e. The van der Waals surface area contributed by atoms with E-state index in [1.165, 1.54) is 6.07 Å². The van der Waals surface area contributed by atoms with Crippen molar-refractivity contribution in [2.24, 2.45) is 0 Å². The monoisotopic (exact) mass is 388 g/mol. The number of hydrogen-bond donors (Lipinski definition) is 0. The standard InChI is InChI=1S/C24H20O5/c1-26-20-12-15(13-21(27-2)24(20)28-3)8-9-17-14-22(25)29-23-18-7-5-4-6-16(18)10-11-19(17)23/h4-14H,1-3H3/b9-8+. The molecule has 146 valence electrons. The van der Waals surface area contributed by atoms with Crippen LogP contribution in [0, 0.1) is 0 Å². The molecule has 5 nitrogen and oxygen atoms in total. The Hall–Kier alpha value is -3.73. The lowest BCUT2D eigenvalue weighted by atomic mass is 10.0. The average Bonchev–Trinajstić information content (AvgIpc) is 2.76. The zero-order chi connectivity index (χ0) is 20.4. The minimum absolute atomic E-state index is 0.390. The van der Waals surface area contributed by atoms with Crippen LogP contribution in [0.1, 0.15) is 11.1 Å². The summed E-state index contributed by atoms with van der Waals surface area (Å²) in [4.78, 5) is 12.2. The fraction of sp³-hybridized carbons (Fsp3) is 0.125. The number of benzene rings is 3. The first-order valence-corrected chi connectivity index (χ1v) is 9.08. The second-order valence-electron chi connectivity index (χ2n) is 6.48. The third-order valence-corrected chi connectivity index (χ3v) is 4.81. The molecule has 29 heavy (non-hydrogen) atoms. The fourth-order valence-electron chi connectivity index (χ4n) is 3.44. The van der Waals surface area contributed by atoms with Crippen LogP contribution in [0.4, 0.5) is 0 Å². The SMILES string of the molecule is COc1cc(/C=C/c2cc(=O)oc3c2ccc2ccccc23)cc(OC)c1OC. The largest absolute Gasteiger partial charge is 0.493 e.